The zero-order valence-electron chi connectivity index (χ0n) is 33.1. The van der Waals surface area contributed by atoms with Crippen LogP contribution in [-0.4, -0.2) is 113 Å². The minimum absolute atomic E-state index is 0.0433. The van der Waals surface area contributed by atoms with Crippen LogP contribution in [0.25, 0.3) is 22.3 Å². The van der Waals surface area contributed by atoms with Crippen molar-refractivity contribution in [3.63, 3.8) is 0 Å². The first kappa shape index (κ1) is 43.1. The molecule has 2 aromatic carbocycles. The van der Waals surface area contributed by atoms with Gasteiger partial charge in [0.1, 0.15) is 24.3 Å². The molecule has 1 unspecified atom stereocenters. The molecule has 1 aromatic heterocycles. The predicted molar refractivity (Wildman–Crippen MR) is 220 cm³/mol. The van der Waals surface area contributed by atoms with Gasteiger partial charge in [0, 0.05) is 84.5 Å². The highest BCUT2D eigenvalue weighted by Gasteiger charge is 2.26. The molecule has 2 fully saturated rings. The summed E-state index contributed by atoms with van der Waals surface area (Å²) in [5.74, 6) is 0.323. The largest absolute Gasteiger partial charge is 0.493 e. The van der Waals surface area contributed by atoms with Crippen LogP contribution in [0.2, 0.25) is 0 Å². The lowest BCUT2D eigenvalue weighted by Crippen LogP contribution is -2.34. The smallest absolute Gasteiger partial charge is 0.261 e. The molecule has 314 valence electrons. The van der Waals surface area contributed by atoms with Gasteiger partial charge in [0.05, 0.1) is 44.8 Å². The fourth-order valence-electron chi connectivity index (χ4n) is 6.77. The number of carbonyl (C=O) groups is 2. The number of aliphatic imine (C=N–C) groups is 1. The Labute approximate surface area is 342 Å². The summed E-state index contributed by atoms with van der Waals surface area (Å²) >= 11 is 0. The minimum Gasteiger partial charge on any atom is -0.493 e. The number of nitrogens with one attached hydrogen (secondary N) is 1. The molecule has 0 spiro atoms. The second-order valence-corrected chi connectivity index (χ2v) is 16.0. The molecule has 7 rings (SSSR count). The zero-order chi connectivity index (χ0) is 42.1. The number of hydrogen-bond acceptors (Lipinski definition) is 13. The molecule has 2 saturated heterocycles. The van der Waals surface area contributed by atoms with E-state index in [9.17, 15) is 18.0 Å². The number of anilines is 2. The average Bonchev–Trinajstić information content (AvgIpc) is 3.21. The Kier molecular flexibility index (Phi) is 14.3. The number of methoxy groups -OCH3 is 1. The van der Waals surface area contributed by atoms with Crippen molar-refractivity contribution in [2.24, 2.45) is 16.8 Å². The number of halogens is 1. The number of hydrogen-bond donors (Lipinski definition) is 3. The molecule has 1 amide bonds. The Bertz CT molecular complexity index is 2260. The topological polar surface area (TPSA) is 201 Å². The van der Waals surface area contributed by atoms with Gasteiger partial charge in [0.15, 0.2) is 17.3 Å². The highest BCUT2D eigenvalue weighted by Crippen LogP contribution is 2.37. The summed E-state index contributed by atoms with van der Waals surface area (Å²) in [6.07, 6.45) is 10.9. The first-order valence-electron chi connectivity index (χ1n) is 19.1. The number of amides is 1. The number of pyridine rings is 1. The molecule has 4 aliphatic heterocycles. The number of aromatic nitrogens is 1. The molecule has 2 atom stereocenters. The maximum Gasteiger partial charge on any atom is 0.261 e. The summed E-state index contributed by atoms with van der Waals surface area (Å²) in [7, 11) is -2.11. The number of ether oxygens (including phenoxy) is 5. The van der Waals surface area contributed by atoms with Crippen molar-refractivity contribution in [1.29, 1.82) is 0 Å². The van der Waals surface area contributed by atoms with Crippen LogP contribution in [0.3, 0.4) is 0 Å². The molecule has 0 bridgehead atoms. The van der Waals surface area contributed by atoms with E-state index >= 15 is 4.39 Å². The molecule has 5 heterocycles. The number of allylic oxidation sites excluding steroid dienone is 2. The second kappa shape index (κ2) is 19.5. The van der Waals surface area contributed by atoms with Gasteiger partial charge in [-0.3, -0.25) is 19.1 Å². The molecule has 15 nitrogen and oxygen atoms in total. The maximum atomic E-state index is 15.9. The third-order valence-corrected chi connectivity index (χ3v) is 9.85. The number of nitrogen functional groups attached to an aromatic ring is 1. The minimum atomic E-state index is -3.67. The van der Waals surface area contributed by atoms with Crippen LogP contribution in [-0.2, 0) is 33.9 Å². The van der Waals surface area contributed by atoms with E-state index in [4.69, 9.17) is 34.0 Å². The van der Waals surface area contributed by atoms with E-state index < -0.39 is 15.9 Å². The van der Waals surface area contributed by atoms with Crippen LogP contribution in [0.4, 0.5) is 15.9 Å². The standard InChI is InChI=1S/C41H44FN5O7.CH4O3S/c1-25-18-44-36(17-37(25)48)29-13-30(22-47(21-29)20-26-7-9-51-10-8-26)41(49)46-31-4-5-33(35(42)16-31)34-14-28(19-45-40(34)43)27-3-6-38(39(15-27)50-2)54-24-32-23-52-11-12-53-32;1-5(2,3)4/h3-6,13-19,21,25-26,32H,7-12,20,22-24H2,1-2H3,(H2,43,45)(H,46,49);1H3,(H,2,3,4)/t25?,32-;/m1./s1. The molecule has 0 aliphatic carbocycles. The van der Waals surface area contributed by atoms with Gasteiger partial charge < -0.3 is 39.6 Å². The zero-order valence-corrected chi connectivity index (χ0v) is 33.9. The molecule has 17 heteroatoms. The van der Waals surface area contributed by atoms with E-state index in [0.717, 1.165) is 24.9 Å². The molecule has 3 aromatic rings. The Morgan fingerprint density at radius 3 is 2.51 bits per heavy atom. The first-order chi connectivity index (χ1) is 28.2. The highest BCUT2D eigenvalue weighted by atomic mass is 32.2. The molecular formula is C42H48FN5O10S. The Morgan fingerprint density at radius 1 is 1.03 bits per heavy atom. The Hall–Kier alpha value is -5.46. The Balaban J connectivity index is 0.00000110. The van der Waals surface area contributed by atoms with Crippen LogP contribution < -0.4 is 20.5 Å². The third-order valence-electron chi connectivity index (χ3n) is 9.85. The van der Waals surface area contributed by atoms with E-state index in [2.05, 4.69) is 20.2 Å². The van der Waals surface area contributed by atoms with Gasteiger partial charge in [0.25, 0.3) is 16.0 Å². The van der Waals surface area contributed by atoms with Crippen LogP contribution in [0, 0.1) is 17.7 Å². The SMILES string of the molecule is COc1cc(-c2cnc(N)c(-c3ccc(NC(=O)C4=CC(C5=CC(=O)C(C)C=N5)=CN(CC5CCOCC5)C4)cc3F)c2)ccc1OC[C@H]1COCCO1.CS(=O)(=O)O. The fourth-order valence-corrected chi connectivity index (χ4v) is 6.77. The van der Waals surface area contributed by atoms with Gasteiger partial charge in [-0.2, -0.15) is 8.42 Å². The number of ketones is 1. The van der Waals surface area contributed by atoms with E-state index in [1.54, 1.807) is 56.8 Å². The normalized spacial score (nSPS) is 19.8. The van der Waals surface area contributed by atoms with Crippen molar-refractivity contribution in [3.05, 3.63) is 89.7 Å². The number of benzene rings is 2. The average molecular weight is 834 g/mol. The lowest BCUT2D eigenvalue weighted by atomic mass is 9.96. The van der Waals surface area contributed by atoms with Crippen molar-refractivity contribution >= 4 is 39.5 Å². The summed E-state index contributed by atoms with van der Waals surface area (Å²) < 4.78 is 69.9. The Morgan fingerprint density at radius 2 is 1.81 bits per heavy atom. The lowest BCUT2D eigenvalue weighted by Gasteiger charge is -2.32. The molecule has 4 aliphatic rings. The van der Waals surface area contributed by atoms with Crippen molar-refractivity contribution in [1.82, 2.24) is 9.88 Å². The summed E-state index contributed by atoms with van der Waals surface area (Å²) in [4.78, 5) is 37.2. The quantitative estimate of drug-likeness (QED) is 0.216. The van der Waals surface area contributed by atoms with E-state index in [1.807, 2.05) is 18.3 Å². The van der Waals surface area contributed by atoms with Crippen molar-refractivity contribution in [3.8, 4) is 33.8 Å². The van der Waals surface area contributed by atoms with Gasteiger partial charge >= 0.3 is 0 Å². The fraction of sp³-hybridized carbons (Fsp3) is 0.381. The van der Waals surface area contributed by atoms with Gasteiger partial charge in [-0.05, 0) is 66.8 Å². The summed E-state index contributed by atoms with van der Waals surface area (Å²) in [6, 6.07) is 11.7. The number of carbonyl (C=O) groups excluding carboxylic acids is 2. The second-order valence-electron chi connectivity index (χ2n) is 14.5. The number of rotatable bonds is 11. The van der Waals surface area contributed by atoms with Crippen LogP contribution in [0.15, 0.2) is 88.8 Å². The first-order valence-corrected chi connectivity index (χ1v) is 20.9. The van der Waals surface area contributed by atoms with E-state index in [0.29, 0.717) is 97.8 Å². The number of nitrogens with zero attached hydrogens (tertiary/aromatic N) is 3. The molecule has 0 saturated carbocycles. The summed E-state index contributed by atoms with van der Waals surface area (Å²) in [5, 5.41) is 2.86. The van der Waals surface area contributed by atoms with E-state index in [1.165, 1.54) is 12.1 Å². The lowest BCUT2D eigenvalue weighted by molar-refractivity contribution is -0.116. The molecule has 4 N–H and O–H groups in total. The van der Waals surface area contributed by atoms with Gasteiger partial charge in [-0.25, -0.2) is 9.37 Å². The maximum absolute atomic E-state index is 15.9. The van der Waals surface area contributed by atoms with Crippen LogP contribution >= 0.6 is 0 Å². The van der Waals surface area contributed by atoms with Crippen LogP contribution in [0.1, 0.15) is 19.8 Å². The number of nitrogens with two attached hydrogens (primary N) is 1. The molecule has 0 radical (unpaired) electrons. The van der Waals surface area contributed by atoms with Gasteiger partial charge in [-0.15, -0.1) is 0 Å². The predicted octanol–water partition coefficient (Wildman–Crippen LogP) is 5.11. The highest BCUT2D eigenvalue weighted by molar-refractivity contribution is 7.85. The van der Waals surface area contributed by atoms with Crippen LogP contribution in [0.5, 0.6) is 11.5 Å². The van der Waals surface area contributed by atoms with Crippen molar-refractivity contribution in [2.75, 3.05) is 77.1 Å². The molecular weight excluding hydrogens is 786 g/mol. The van der Waals surface area contributed by atoms with Gasteiger partial charge in [-0.1, -0.05) is 13.0 Å². The van der Waals surface area contributed by atoms with E-state index in [-0.39, 0.29) is 40.8 Å². The third kappa shape index (κ3) is 12.0. The summed E-state index contributed by atoms with van der Waals surface area (Å²) in [6.45, 7) is 6.18. The van der Waals surface area contributed by atoms with Crippen molar-refractivity contribution < 1.29 is 50.6 Å². The summed E-state index contributed by atoms with van der Waals surface area (Å²) in [5.41, 5.74) is 10.3. The van der Waals surface area contributed by atoms with Gasteiger partial charge in [0.2, 0.25) is 0 Å². The molecule has 59 heavy (non-hydrogen) atoms. The van der Waals surface area contributed by atoms with Crippen molar-refractivity contribution in [2.45, 2.75) is 25.9 Å². The monoisotopic (exact) mass is 833 g/mol.